The summed E-state index contributed by atoms with van der Waals surface area (Å²) < 4.78 is 28.7. The van der Waals surface area contributed by atoms with Crippen molar-refractivity contribution in [2.24, 2.45) is 0 Å². The van der Waals surface area contributed by atoms with E-state index < -0.39 is 15.9 Å². The van der Waals surface area contributed by atoms with Crippen molar-refractivity contribution in [2.45, 2.75) is 37.3 Å². The maximum Gasteiger partial charge on any atom is 0.261 e. The van der Waals surface area contributed by atoms with E-state index in [4.69, 9.17) is 16.3 Å². The third-order valence-corrected chi connectivity index (χ3v) is 5.39. The lowest BCUT2D eigenvalue weighted by Gasteiger charge is -2.21. The molecule has 0 aromatic heterocycles. The Morgan fingerprint density at radius 1 is 1.15 bits per heavy atom. The van der Waals surface area contributed by atoms with Gasteiger partial charge in [0.25, 0.3) is 5.91 Å². The van der Waals surface area contributed by atoms with Gasteiger partial charge in [-0.3, -0.25) is 4.79 Å². The van der Waals surface area contributed by atoms with Gasteiger partial charge in [-0.25, -0.2) is 8.42 Å². The highest BCUT2D eigenvalue weighted by Crippen LogP contribution is 2.25. The van der Waals surface area contributed by atoms with Crippen LogP contribution in [0.25, 0.3) is 0 Å². The Bertz CT molecular complexity index is 865. The summed E-state index contributed by atoms with van der Waals surface area (Å²) in [5, 5.41) is 3.36. The predicted octanol–water partition coefficient (Wildman–Crippen LogP) is 3.78. The summed E-state index contributed by atoms with van der Waals surface area (Å²) in [5.74, 6) is 0.173. The van der Waals surface area contributed by atoms with E-state index in [1.807, 2.05) is 6.92 Å². The fourth-order valence-corrected chi connectivity index (χ4v) is 3.25. The molecule has 0 saturated heterocycles. The Labute approximate surface area is 159 Å². The van der Waals surface area contributed by atoms with Crippen LogP contribution in [-0.2, 0) is 14.6 Å². The normalized spacial score (nSPS) is 13.7. The Balaban J connectivity index is 2.06. The number of amides is 1. The maximum absolute atomic E-state index is 12.5. The number of hydrogen-bond donors (Lipinski definition) is 1. The number of nitrogens with one attached hydrogen (secondary N) is 1. The first-order chi connectivity index (χ1) is 12.2. The number of ether oxygens (including phenoxy) is 1. The average molecular weight is 396 g/mol. The van der Waals surface area contributed by atoms with E-state index in [2.05, 4.69) is 5.32 Å². The zero-order chi connectivity index (χ0) is 19.3. The van der Waals surface area contributed by atoms with Crippen molar-refractivity contribution >= 4 is 27.3 Å². The largest absolute Gasteiger partial charge is 0.479 e. The summed E-state index contributed by atoms with van der Waals surface area (Å²) in [4.78, 5) is 12.7. The van der Waals surface area contributed by atoms with Gasteiger partial charge in [0.2, 0.25) is 0 Å². The van der Waals surface area contributed by atoms with Crippen LogP contribution in [0.1, 0.15) is 31.9 Å². The molecule has 140 valence electrons. The molecule has 5 nitrogen and oxygen atoms in total. The second-order valence-corrected chi connectivity index (χ2v) is 8.42. The van der Waals surface area contributed by atoms with Gasteiger partial charge >= 0.3 is 0 Å². The molecule has 2 atom stereocenters. The van der Waals surface area contributed by atoms with Crippen LogP contribution in [0.15, 0.2) is 53.4 Å². The van der Waals surface area contributed by atoms with E-state index in [-0.39, 0.29) is 16.8 Å². The minimum absolute atomic E-state index is 0.242. The number of halogens is 1. The molecule has 0 heterocycles. The number of carbonyl (C=O) groups excluding carboxylic acids is 1. The van der Waals surface area contributed by atoms with E-state index in [0.717, 1.165) is 11.8 Å². The summed E-state index contributed by atoms with van der Waals surface area (Å²) in [6.45, 7) is 3.59. The molecule has 0 radical (unpaired) electrons. The van der Waals surface area contributed by atoms with E-state index in [0.29, 0.717) is 17.2 Å². The highest BCUT2D eigenvalue weighted by molar-refractivity contribution is 7.90. The first-order valence-corrected chi connectivity index (χ1v) is 10.5. The lowest BCUT2D eigenvalue weighted by molar-refractivity contribution is -0.128. The van der Waals surface area contributed by atoms with E-state index in [1.54, 1.807) is 55.5 Å². The SMILES string of the molecule is CCC(NC(=O)C(C)Oc1ccccc1Cl)c1ccc(S(C)(=O)=O)cc1. The second kappa shape index (κ2) is 8.56. The monoisotopic (exact) mass is 395 g/mol. The third-order valence-electron chi connectivity index (χ3n) is 3.94. The Morgan fingerprint density at radius 3 is 2.31 bits per heavy atom. The highest BCUT2D eigenvalue weighted by atomic mass is 35.5. The minimum atomic E-state index is -3.25. The maximum atomic E-state index is 12.5. The van der Waals surface area contributed by atoms with Crippen LogP contribution in [0.5, 0.6) is 5.75 Å². The minimum Gasteiger partial charge on any atom is -0.479 e. The second-order valence-electron chi connectivity index (χ2n) is 6.00. The van der Waals surface area contributed by atoms with Crippen molar-refractivity contribution in [1.29, 1.82) is 0 Å². The summed E-state index contributed by atoms with van der Waals surface area (Å²) in [6, 6.07) is 13.2. The summed E-state index contributed by atoms with van der Waals surface area (Å²) in [7, 11) is -3.25. The molecule has 2 unspecified atom stereocenters. The Kier molecular flexibility index (Phi) is 6.67. The van der Waals surface area contributed by atoms with Crippen LogP contribution in [-0.4, -0.2) is 26.7 Å². The van der Waals surface area contributed by atoms with Crippen LogP contribution in [0.4, 0.5) is 0 Å². The zero-order valence-corrected chi connectivity index (χ0v) is 16.5. The Hall–Kier alpha value is -2.05. The van der Waals surface area contributed by atoms with Crippen LogP contribution >= 0.6 is 11.6 Å². The molecular formula is C19H22ClNO4S. The highest BCUT2D eigenvalue weighted by Gasteiger charge is 2.20. The molecule has 0 aliphatic rings. The van der Waals surface area contributed by atoms with Gasteiger partial charge in [-0.05, 0) is 43.2 Å². The van der Waals surface area contributed by atoms with Gasteiger partial charge in [-0.1, -0.05) is 42.8 Å². The van der Waals surface area contributed by atoms with Gasteiger partial charge in [0.1, 0.15) is 5.75 Å². The van der Waals surface area contributed by atoms with Gasteiger partial charge in [0, 0.05) is 6.26 Å². The van der Waals surface area contributed by atoms with Crippen molar-refractivity contribution in [2.75, 3.05) is 6.26 Å². The fourth-order valence-electron chi connectivity index (χ4n) is 2.44. The van der Waals surface area contributed by atoms with Crippen LogP contribution in [0.3, 0.4) is 0 Å². The number of para-hydroxylation sites is 1. The molecule has 0 fully saturated rings. The zero-order valence-electron chi connectivity index (χ0n) is 14.9. The Morgan fingerprint density at radius 2 is 1.77 bits per heavy atom. The predicted molar refractivity (Wildman–Crippen MR) is 102 cm³/mol. The standard InChI is InChI=1S/C19H22ClNO4S/c1-4-17(14-9-11-15(12-10-14)26(3,23)24)21-19(22)13(2)25-18-8-6-5-7-16(18)20/h5-13,17H,4H2,1-3H3,(H,21,22). The van der Waals surface area contributed by atoms with Gasteiger partial charge in [0.15, 0.2) is 15.9 Å². The first kappa shape index (κ1) is 20.3. The number of sulfone groups is 1. The summed E-state index contributed by atoms with van der Waals surface area (Å²) >= 11 is 6.05. The van der Waals surface area contributed by atoms with Gasteiger partial charge in [-0.15, -0.1) is 0 Å². The molecule has 2 rings (SSSR count). The topological polar surface area (TPSA) is 72.5 Å². The van der Waals surface area contributed by atoms with Crippen molar-refractivity contribution in [3.63, 3.8) is 0 Å². The molecular weight excluding hydrogens is 374 g/mol. The van der Waals surface area contributed by atoms with E-state index in [1.165, 1.54) is 0 Å². The third kappa shape index (κ3) is 5.22. The quantitative estimate of drug-likeness (QED) is 0.774. The average Bonchev–Trinajstić information content (AvgIpc) is 2.60. The molecule has 0 spiro atoms. The molecule has 0 saturated carbocycles. The summed E-state index contributed by atoms with van der Waals surface area (Å²) in [6.07, 6.45) is 1.09. The molecule has 2 aromatic carbocycles. The molecule has 0 aliphatic heterocycles. The molecule has 1 amide bonds. The lowest BCUT2D eigenvalue weighted by Crippen LogP contribution is -2.38. The van der Waals surface area contributed by atoms with Crippen molar-refractivity contribution in [1.82, 2.24) is 5.32 Å². The van der Waals surface area contributed by atoms with Crippen LogP contribution in [0, 0.1) is 0 Å². The van der Waals surface area contributed by atoms with Crippen molar-refractivity contribution in [3.05, 3.63) is 59.1 Å². The van der Waals surface area contributed by atoms with Crippen molar-refractivity contribution in [3.8, 4) is 5.75 Å². The molecule has 2 aromatic rings. The van der Waals surface area contributed by atoms with Crippen LogP contribution in [0.2, 0.25) is 5.02 Å². The van der Waals surface area contributed by atoms with Gasteiger partial charge in [-0.2, -0.15) is 0 Å². The lowest BCUT2D eigenvalue weighted by atomic mass is 10.0. The molecule has 7 heteroatoms. The van der Waals surface area contributed by atoms with Crippen molar-refractivity contribution < 1.29 is 17.9 Å². The fraction of sp³-hybridized carbons (Fsp3) is 0.316. The van der Waals surface area contributed by atoms with Crippen LogP contribution < -0.4 is 10.1 Å². The number of rotatable bonds is 7. The molecule has 0 aliphatic carbocycles. The van der Waals surface area contributed by atoms with Gasteiger partial charge in [0.05, 0.1) is 16.0 Å². The molecule has 1 N–H and O–H groups in total. The van der Waals surface area contributed by atoms with E-state index >= 15 is 0 Å². The smallest absolute Gasteiger partial charge is 0.261 e. The van der Waals surface area contributed by atoms with Gasteiger partial charge < -0.3 is 10.1 Å². The summed E-state index contributed by atoms with van der Waals surface area (Å²) in [5.41, 5.74) is 0.832. The first-order valence-electron chi connectivity index (χ1n) is 8.24. The number of benzene rings is 2. The van der Waals surface area contributed by atoms with E-state index in [9.17, 15) is 13.2 Å². The number of carbonyl (C=O) groups is 1. The molecule has 26 heavy (non-hydrogen) atoms. The number of hydrogen-bond acceptors (Lipinski definition) is 4. The molecule has 0 bridgehead atoms.